The van der Waals surface area contributed by atoms with Crippen LogP contribution in [0.25, 0.3) is 0 Å². The van der Waals surface area contributed by atoms with E-state index < -0.39 is 23.6 Å². The number of anilines is 3. The largest absolute Gasteiger partial charge is 0.481 e. The molecule has 0 bridgehead atoms. The van der Waals surface area contributed by atoms with Crippen molar-refractivity contribution in [1.82, 2.24) is 15.3 Å². The van der Waals surface area contributed by atoms with Crippen LogP contribution in [0.2, 0.25) is 5.02 Å². The van der Waals surface area contributed by atoms with E-state index in [9.17, 15) is 14.4 Å². The van der Waals surface area contributed by atoms with Gasteiger partial charge in [-0.3, -0.25) is 9.59 Å². The Kier molecular flexibility index (Phi) is 9.74. The molecule has 5 N–H and O–H groups in total. The Bertz CT molecular complexity index is 1330. The third-order valence-corrected chi connectivity index (χ3v) is 8.87. The van der Waals surface area contributed by atoms with Crippen molar-refractivity contribution in [3.8, 4) is 0 Å². The molecule has 2 saturated heterocycles. The van der Waals surface area contributed by atoms with Crippen molar-refractivity contribution in [1.29, 1.82) is 0 Å². The quantitative estimate of drug-likeness (QED) is 0.326. The lowest BCUT2D eigenvalue weighted by Gasteiger charge is -2.43. The third kappa shape index (κ3) is 7.75. The second kappa shape index (κ2) is 12.9. The first-order chi connectivity index (χ1) is 19.8. The van der Waals surface area contributed by atoms with Crippen molar-refractivity contribution in [2.24, 2.45) is 5.41 Å². The molecular formula is C28H37ClN6O6S. The number of hydrogen-bond acceptors (Lipinski definition) is 10. The molecule has 4 rings (SSSR count). The first-order valence-electron chi connectivity index (χ1n) is 13.7. The van der Waals surface area contributed by atoms with Crippen LogP contribution in [0.4, 0.5) is 22.1 Å². The molecule has 2 aliphatic rings. The number of alkyl carbamates (subject to hydrolysis) is 1. The van der Waals surface area contributed by atoms with Crippen molar-refractivity contribution in [2.75, 3.05) is 35.6 Å². The molecular weight excluding hydrogens is 584 g/mol. The number of nitrogens with one attached hydrogen (secondary N) is 2. The highest BCUT2D eigenvalue weighted by atomic mass is 35.5. The Morgan fingerprint density at radius 2 is 1.98 bits per heavy atom. The number of hydrogen-bond donors (Lipinski definition) is 4. The number of nitrogen functional groups attached to an aromatic ring is 1. The number of benzene rings is 1. The van der Waals surface area contributed by atoms with E-state index in [4.69, 9.17) is 31.9 Å². The minimum absolute atomic E-state index is 0.126. The van der Waals surface area contributed by atoms with Gasteiger partial charge in [0.05, 0.1) is 42.1 Å². The number of nitrogens with zero attached hydrogens (tertiary/aromatic N) is 3. The zero-order valence-electron chi connectivity index (χ0n) is 24.1. The van der Waals surface area contributed by atoms with Crippen molar-refractivity contribution in [2.45, 2.75) is 81.0 Å². The van der Waals surface area contributed by atoms with Gasteiger partial charge < -0.3 is 35.8 Å². The van der Waals surface area contributed by atoms with E-state index in [0.717, 1.165) is 12.8 Å². The predicted octanol–water partition coefficient (Wildman–Crippen LogP) is 4.57. The minimum Gasteiger partial charge on any atom is -0.481 e. The number of carboxylic acids is 1. The maximum atomic E-state index is 12.5. The number of carbonyl (C=O) groups excluding carboxylic acids is 2. The summed E-state index contributed by atoms with van der Waals surface area (Å²) in [4.78, 5) is 47.2. The van der Waals surface area contributed by atoms with Crippen LogP contribution in [0.5, 0.6) is 0 Å². The van der Waals surface area contributed by atoms with Gasteiger partial charge in [0.2, 0.25) is 5.91 Å². The molecule has 1 aromatic carbocycles. The van der Waals surface area contributed by atoms with Gasteiger partial charge in [-0.1, -0.05) is 29.4 Å². The first-order valence-corrected chi connectivity index (χ1v) is 14.9. The highest BCUT2D eigenvalue weighted by Crippen LogP contribution is 2.43. The van der Waals surface area contributed by atoms with Crippen LogP contribution in [0.1, 0.15) is 53.4 Å². The van der Waals surface area contributed by atoms with E-state index in [1.165, 1.54) is 11.8 Å². The molecule has 2 aromatic rings. The fourth-order valence-corrected chi connectivity index (χ4v) is 6.26. The van der Waals surface area contributed by atoms with Crippen LogP contribution in [0, 0.1) is 5.41 Å². The maximum absolute atomic E-state index is 12.5. The Hall–Kier alpha value is -3.29. The molecule has 0 saturated carbocycles. The molecule has 228 valence electrons. The highest BCUT2D eigenvalue weighted by molar-refractivity contribution is 7.99. The number of rotatable bonds is 8. The molecule has 0 aliphatic carbocycles. The average molecular weight is 621 g/mol. The van der Waals surface area contributed by atoms with Gasteiger partial charge >= 0.3 is 12.1 Å². The molecule has 2 fully saturated rings. The van der Waals surface area contributed by atoms with Gasteiger partial charge in [-0.05, 0) is 52.7 Å². The molecule has 12 nitrogen and oxygen atoms in total. The van der Waals surface area contributed by atoms with E-state index in [0.29, 0.717) is 46.1 Å². The second-order valence-electron chi connectivity index (χ2n) is 11.6. The van der Waals surface area contributed by atoms with E-state index in [-0.39, 0.29) is 36.2 Å². The third-order valence-electron chi connectivity index (χ3n) is 7.28. The lowest BCUT2D eigenvalue weighted by molar-refractivity contribution is -0.138. The Balaban J connectivity index is 1.39. The maximum Gasteiger partial charge on any atom is 0.407 e. The van der Waals surface area contributed by atoms with Crippen LogP contribution >= 0.6 is 23.4 Å². The summed E-state index contributed by atoms with van der Waals surface area (Å²) >= 11 is 7.74. The van der Waals surface area contributed by atoms with Crippen molar-refractivity contribution in [3.63, 3.8) is 0 Å². The van der Waals surface area contributed by atoms with Crippen LogP contribution < -0.4 is 21.3 Å². The van der Waals surface area contributed by atoms with Crippen molar-refractivity contribution >= 4 is 58.7 Å². The number of amides is 2. The molecule has 2 atom stereocenters. The van der Waals surface area contributed by atoms with E-state index in [1.807, 2.05) is 27.7 Å². The molecule has 0 unspecified atom stereocenters. The molecule has 3 heterocycles. The number of carbonyl (C=O) groups is 3. The van der Waals surface area contributed by atoms with Gasteiger partial charge in [0.25, 0.3) is 0 Å². The first kappa shape index (κ1) is 31.6. The summed E-state index contributed by atoms with van der Waals surface area (Å²) in [6.07, 6.45) is 2.25. The molecule has 0 radical (unpaired) electrons. The molecule has 1 aromatic heterocycles. The summed E-state index contributed by atoms with van der Waals surface area (Å²) in [6.45, 7) is 9.43. The van der Waals surface area contributed by atoms with Gasteiger partial charge in [-0.2, -0.15) is 0 Å². The van der Waals surface area contributed by atoms with Crippen LogP contribution in [-0.2, 0) is 19.1 Å². The predicted molar refractivity (Wildman–Crippen MR) is 160 cm³/mol. The van der Waals surface area contributed by atoms with E-state index in [1.54, 1.807) is 24.4 Å². The van der Waals surface area contributed by atoms with Crippen LogP contribution in [0.3, 0.4) is 0 Å². The van der Waals surface area contributed by atoms with Crippen molar-refractivity contribution in [3.05, 3.63) is 29.4 Å². The fraction of sp³-hybridized carbons (Fsp3) is 0.536. The van der Waals surface area contributed by atoms with Crippen LogP contribution in [0.15, 0.2) is 34.3 Å². The van der Waals surface area contributed by atoms with Gasteiger partial charge in [-0.15, -0.1) is 0 Å². The zero-order chi connectivity index (χ0) is 30.7. The second-order valence-corrected chi connectivity index (χ2v) is 13.0. The highest BCUT2D eigenvalue weighted by Gasteiger charge is 2.50. The lowest BCUT2D eigenvalue weighted by atomic mass is 9.73. The van der Waals surface area contributed by atoms with Crippen molar-refractivity contribution < 1.29 is 29.0 Å². The summed E-state index contributed by atoms with van der Waals surface area (Å²) in [5, 5.41) is 15.2. The van der Waals surface area contributed by atoms with Crippen LogP contribution in [-0.4, -0.2) is 70.5 Å². The summed E-state index contributed by atoms with van der Waals surface area (Å²) < 4.78 is 11.5. The Morgan fingerprint density at radius 1 is 1.26 bits per heavy atom. The molecule has 2 amide bonds. The summed E-state index contributed by atoms with van der Waals surface area (Å²) in [5.74, 6) is -0.601. The smallest absolute Gasteiger partial charge is 0.407 e. The number of ether oxygens (including phenoxy) is 2. The standard InChI is InChI=1S/C28H37ClN6O6S/c1-16-23(34-26(39)41-27(2,3)4)28(15-40-16)10-12-35(13-11-28)19-14-31-25(24(30)33-19)42-18-7-5-6-17(22(18)29)32-20(36)8-9-21(37)38/h5-7,14,16,23H,8-13,15H2,1-4H3,(H2,30,33)(H,32,36)(H,34,39)(H,37,38)/t16-,23+/m0/s1. The number of carboxylic acid groups (broad SMARTS) is 1. The van der Waals surface area contributed by atoms with Gasteiger partial charge in [0.15, 0.2) is 5.82 Å². The van der Waals surface area contributed by atoms with E-state index >= 15 is 0 Å². The molecule has 1 spiro atoms. The van der Waals surface area contributed by atoms with E-state index in [2.05, 4.69) is 25.5 Å². The van der Waals surface area contributed by atoms with Gasteiger partial charge in [0, 0.05) is 29.8 Å². The Labute approximate surface area is 254 Å². The van der Waals surface area contributed by atoms with Gasteiger partial charge in [-0.25, -0.2) is 14.8 Å². The SMILES string of the molecule is C[C@@H]1OCC2(CCN(c3cnc(Sc4cccc(NC(=O)CCC(=O)O)c4Cl)c(N)n3)CC2)[C@@H]1NC(=O)OC(C)(C)C. The molecule has 14 heteroatoms. The molecule has 2 aliphatic heterocycles. The summed E-state index contributed by atoms with van der Waals surface area (Å²) in [6, 6.07) is 4.97. The number of nitrogens with two attached hydrogens (primary N) is 1. The average Bonchev–Trinajstić information content (AvgIpc) is 3.20. The van der Waals surface area contributed by atoms with Gasteiger partial charge in [0.1, 0.15) is 16.4 Å². The fourth-order valence-electron chi connectivity index (χ4n) is 5.16. The number of aromatic nitrogens is 2. The Morgan fingerprint density at radius 3 is 2.62 bits per heavy atom. The summed E-state index contributed by atoms with van der Waals surface area (Å²) in [5.41, 5.74) is 5.88. The number of piperidine rings is 1. The topological polar surface area (TPSA) is 169 Å². The number of halogens is 1. The molecule has 42 heavy (non-hydrogen) atoms. The lowest BCUT2D eigenvalue weighted by Crippen LogP contribution is -2.55. The zero-order valence-corrected chi connectivity index (χ0v) is 25.7. The minimum atomic E-state index is -1.05. The summed E-state index contributed by atoms with van der Waals surface area (Å²) in [7, 11) is 0. The number of aliphatic carboxylic acids is 1. The normalized spacial score (nSPS) is 19.9. The monoisotopic (exact) mass is 620 g/mol.